The molecule has 0 bridgehead atoms. The third-order valence-electron chi connectivity index (χ3n) is 2.85. The van der Waals surface area contributed by atoms with Crippen LogP contribution in [0.1, 0.15) is 6.92 Å². The minimum atomic E-state index is -0.940. The average Bonchev–Trinajstić information content (AvgIpc) is 2.22. The van der Waals surface area contributed by atoms with Crippen LogP contribution in [-0.2, 0) is 4.79 Å². The number of hydrogen-bond acceptors (Lipinski definition) is 3. The number of likely N-dealkylation sites (N-methyl/N-ethyl adjacent to an activating group) is 1. The van der Waals surface area contributed by atoms with Gasteiger partial charge in [0.15, 0.2) is 0 Å². The smallest absolute Gasteiger partial charge is 0.347 e. The Morgan fingerprint density at radius 3 is 2.88 bits per heavy atom. The molecule has 0 saturated carbocycles. The van der Waals surface area contributed by atoms with Gasteiger partial charge in [-0.2, -0.15) is 0 Å². The summed E-state index contributed by atoms with van der Waals surface area (Å²) in [4.78, 5) is 13.0. The van der Waals surface area contributed by atoms with Gasteiger partial charge >= 0.3 is 5.97 Å². The fourth-order valence-electron chi connectivity index (χ4n) is 1.79. The van der Waals surface area contributed by atoms with E-state index in [0.29, 0.717) is 5.75 Å². The van der Waals surface area contributed by atoms with Crippen molar-refractivity contribution in [2.45, 2.75) is 19.1 Å². The maximum Gasteiger partial charge on any atom is 0.347 e. The van der Waals surface area contributed by atoms with Crippen LogP contribution in [0.2, 0.25) is 0 Å². The second kappa shape index (κ2) is 3.97. The molecule has 1 heterocycles. The summed E-state index contributed by atoms with van der Waals surface area (Å²) in [5.74, 6) is -0.340. The van der Waals surface area contributed by atoms with E-state index in [4.69, 9.17) is 9.84 Å². The Hall–Kier alpha value is -1.23. The van der Waals surface area contributed by atoms with Crippen LogP contribution in [0.15, 0.2) is 22.7 Å². The number of halogens is 1. The number of anilines is 1. The van der Waals surface area contributed by atoms with E-state index in [1.54, 1.807) is 6.07 Å². The summed E-state index contributed by atoms with van der Waals surface area (Å²) in [5.41, 5.74) is 0.910. The van der Waals surface area contributed by atoms with Crippen LogP contribution in [0, 0.1) is 0 Å². The third-order valence-corrected chi connectivity index (χ3v) is 3.34. The zero-order valence-corrected chi connectivity index (χ0v) is 10.6. The summed E-state index contributed by atoms with van der Waals surface area (Å²) in [6.45, 7) is 1.84. The van der Waals surface area contributed by atoms with Crippen molar-refractivity contribution in [3.63, 3.8) is 0 Å². The molecule has 0 radical (unpaired) electrons. The van der Waals surface area contributed by atoms with Gasteiger partial charge < -0.3 is 14.7 Å². The molecule has 2 rings (SSSR count). The van der Waals surface area contributed by atoms with Gasteiger partial charge in [-0.25, -0.2) is 4.79 Å². The van der Waals surface area contributed by atoms with Crippen LogP contribution in [0.4, 0.5) is 5.69 Å². The molecule has 1 aromatic rings. The fraction of sp³-hybridized carbons (Fsp3) is 0.364. The Kier molecular flexibility index (Phi) is 2.80. The molecule has 86 valence electrons. The molecule has 1 aliphatic heterocycles. The maximum atomic E-state index is 11.0. The van der Waals surface area contributed by atoms with Crippen molar-refractivity contribution in [1.29, 1.82) is 0 Å². The molecule has 0 aliphatic carbocycles. The van der Waals surface area contributed by atoms with E-state index in [1.807, 2.05) is 31.0 Å². The van der Waals surface area contributed by atoms with Gasteiger partial charge in [0.25, 0.3) is 0 Å². The Morgan fingerprint density at radius 1 is 1.56 bits per heavy atom. The quantitative estimate of drug-likeness (QED) is 0.859. The topological polar surface area (TPSA) is 49.8 Å². The molecule has 2 atom stereocenters. The van der Waals surface area contributed by atoms with Crippen LogP contribution >= 0.6 is 15.9 Å². The average molecular weight is 286 g/mol. The van der Waals surface area contributed by atoms with E-state index in [2.05, 4.69) is 15.9 Å². The Morgan fingerprint density at radius 2 is 2.25 bits per heavy atom. The van der Waals surface area contributed by atoms with Gasteiger partial charge in [0.1, 0.15) is 5.75 Å². The highest BCUT2D eigenvalue weighted by molar-refractivity contribution is 9.10. The summed E-state index contributed by atoms with van der Waals surface area (Å²) in [6.07, 6.45) is -0.827. The molecule has 1 aliphatic rings. The predicted molar refractivity (Wildman–Crippen MR) is 64.1 cm³/mol. The molecule has 0 aromatic heterocycles. The molecule has 0 amide bonds. The van der Waals surface area contributed by atoms with Crippen LogP contribution in [-0.4, -0.2) is 30.3 Å². The van der Waals surface area contributed by atoms with Crippen molar-refractivity contribution >= 4 is 27.6 Å². The van der Waals surface area contributed by atoms with Gasteiger partial charge in [-0.1, -0.05) is 15.9 Å². The molecular formula is C11H12BrNO3. The number of benzene rings is 1. The number of fused-ring (bicyclic) bond motifs is 1. The molecule has 16 heavy (non-hydrogen) atoms. The summed E-state index contributed by atoms with van der Waals surface area (Å²) < 4.78 is 6.36. The first-order valence-corrected chi connectivity index (χ1v) is 5.72. The zero-order chi connectivity index (χ0) is 11.9. The zero-order valence-electron chi connectivity index (χ0n) is 8.98. The van der Waals surface area contributed by atoms with Gasteiger partial charge in [0.05, 0.1) is 11.7 Å². The highest BCUT2D eigenvalue weighted by atomic mass is 79.9. The number of aliphatic carboxylic acids is 1. The second-order valence-electron chi connectivity index (χ2n) is 3.84. The number of carboxylic acid groups (broad SMARTS) is 1. The molecular weight excluding hydrogens is 274 g/mol. The van der Waals surface area contributed by atoms with E-state index >= 15 is 0 Å². The number of hydrogen-bond donors (Lipinski definition) is 1. The molecule has 4 nitrogen and oxygen atoms in total. The lowest BCUT2D eigenvalue weighted by molar-refractivity contribution is -0.146. The Bertz CT molecular complexity index is 435. The number of carbonyl (C=O) groups is 1. The highest BCUT2D eigenvalue weighted by Crippen LogP contribution is 2.37. The van der Waals surface area contributed by atoms with Crippen molar-refractivity contribution in [2.24, 2.45) is 0 Å². The van der Waals surface area contributed by atoms with Gasteiger partial charge in [-0.3, -0.25) is 0 Å². The Labute approximate surface area is 102 Å². The van der Waals surface area contributed by atoms with E-state index in [1.165, 1.54) is 0 Å². The molecule has 1 aromatic carbocycles. The Balaban J connectivity index is 2.44. The van der Waals surface area contributed by atoms with Crippen LogP contribution in [0.5, 0.6) is 5.75 Å². The van der Waals surface area contributed by atoms with Gasteiger partial charge in [0.2, 0.25) is 6.10 Å². The van der Waals surface area contributed by atoms with Crippen molar-refractivity contribution in [3.8, 4) is 5.75 Å². The first-order chi connectivity index (χ1) is 7.50. The summed E-state index contributed by atoms with van der Waals surface area (Å²) in [5, 5.41) is 9.06. The number of rotatable bonds is 1. The largest absolute Gasteiger partial charge is 0.478 e. The molecule has 0 saturated heterocycles. The summed E-state index contributed by atoms with van der Waals surface area (Å²) in [7, 11) is 1.87. The fourth-order valence-corrected chi connectivity index (χ4v) is 2.13. The van der Waals surface area contributed by atoms with Crippen molar-refractivity contribution in [2.75, 3.05) is 11.9 Å². The number of carboxylic acids is 1. The van der Waals surface area contributed by atoms with E-state index in [0.717, 1.165) is 10.2 Å². The second-order valence-corrected chi connectivity index (χ2v) is 4.76. The molecule has 1 N–H and O–H groups in total. The minimum absolute atomic E-state index is 0.189. The van der Waals surface area contributed by atoms with Gasteiger partial charge in [-0.05, 0) is 25.1 Å². The van der Waals surface area contributed by atoms with Crippen molar-refractivity contribution < 1.29 is 14.6 Å². The van der Waals surface area contributed by atoms with Crippen LogP contribution < -0.4 is 9.64 Å². The summed E-state index contributed by atoms with van der Waals surface area (Å²) >= 11 is 3.34. The summed E-state index contributed by atoms with van der Waals surface area (Å²) in [6, 6.07) is 5.42. The van der Waals surface area contributed by atoms with Gasteiger partial charge in [-0.15, -0.1) is 0 Å². The van der Waals surface area contributed by atoms with Crippen molar-refractivity contribution in [1.82, 2.24) is 0 Å². The first-order valence-electron chi connectivity index (χ1n) is 4.92. The van der Waals surface area contributed by atoms with Crippen LogP contribution in [0.3, 0.4) is 0 Å². The minimum Gasteiger partial charge on any atom is -0.478 e. The molecule has 0 fully saturated rings. The van der Waals surface area contributed by atoms with Crippen molar-refractivity contribution in [3.05, 3.63) is 22.7 Å². The maximum absolute atomic E-state index is 11.0. The van der Waals surface area contributed by atoms with E-state index in [9.17, 15) is 4.79 Å². The lowest BCUT2D eigenvalue weighted by Crippen LogP contribution is -2.50. The highest BCUT2D eigenvalue weighted by Gasteiger charge is 2.35. The predicted octanol–water partition coefficient (Wildman–Crippen LogP) is 2.12. The number of ether oxygens (including phenoxy) is 1. The van der Waals surface area contributed by atoms with Gasteiger partial charge in [0, 0.05) is 11.5 Å². The van der Waals surface area contributed by atoms with E-state index < -0.39 is 12.1 Å². The number of nitrogens with zero attached hydrogens (tertiary/aromatic N) is 1. The molecule has 0 spiro atoms. The SMILES string of the molecule is CC1C(C(=O)O)Oc2cc(Br)ccc2N1C. The molecule has 2 unspecified atom stereocenters. The normalized spacial score (nSPS) is 23.6. The standard InChI is InChI=1S/C11H12BrNO3/c1-6-10(11(14)15)16-9-5-7(12)3-4-8(9)13(6)2/h3-6,10H,1-2H3,(H,14,15). The molecule has 5 heteroatoms. The van der Waals surface area contributed by atoms with Crippen LogP contribution in [0.25, 0.3) is 0 Å². The third kappa shape index (κ3) is 1.75. The lowest BCUT2D eigenvalue weighted by atomic mass is 10.1. The monoisotopic (exact) mass is 285 g/mol. The lowest BCUT2D eigenvalue weighted by Gasteiger charge is -2.37. The van der Waals surface area contributed by atoms with E-state index in [-0.39, 0.29) is 6.04 Å². The first kappa shape index (κ1) is 11.3.